The summed E-state index contributed by atoms with van der Waals surface area (Å²) < 4.78 is 5.51. The second-order valence-electron chi connectivity index (χ2n) is 4.69. The van der Waals surface area contributed by atoms with Gasteiger partial charge >= 0.3 is 0 Å². The maximum absolute atomic E-state index is 12.3. The number of Topliss-reactive ketones (excluding diaryl/α,β-unsaturated/α-hetero) is 2. The molecule has 0 aliphatic carbocycles. The van der Waals surface area contributed by atoms with E-state index in [2.05, 4.69) is 0 Å². The van der Waals surface area contributed by atoms with E-state index in [1.807, 2.05) is 13.0 Å². The van der Waals surface area contributed by atoms with Crippen LogP contribution in [0.1, 0.15) is 26.3 Å². The van der Waals surface area contributed by atoms with Gasteiger partial charge in [0, 0.05) is 10.6 Å². The quantitative estimate of drug-likeness (QED) is 0.627. The fourth-order valence-corrected chi connectivity index (χ4v) is 2.36. The van der Waals surface area contributed by atoms with Gasteiger partial charge in [0.1, 0.15) is 5.75 Å². The number of hydrogen-bond acceptors (Lipinski definition) is 3. The molecule has 3 rings (SSSR count). The van der Waals surface area contributed by atoms with E-state index in [1.54, 1.807) is 36.4 Å². The molecular formula is C16H11ClO3. The van der Waals surface area contributed by atoms with Crippen LogP contribution in [0, 0.1) is 6.92 Å². The Balaban J connectivity index is 1.96. The van der Waals surface area contributed by atoms with Gasteiger partial charge in [-0.2, -0.15) is 0 Å². The molecule has 1 aliphatic rings. The molecule has 20 heavy (non-hydrogen) atoms. The summed E-state index contributed by atoms with van der Waals surface area (Å²) in [4.78, 5) is 24.6. The van der Waals surface area contributed by atoms with Crippen LogP contribution in [0.4, 0.5) is 0 Å². The number of fused-ring (bicyclic) bond motifs is 1. The summed E-state index contributed by atoms with van der Waals surface area (Å²) in [5, 5.41) is 0.494. The lowest BCUT2D eigenvalue weighted by Gasteiger charge is -2.08. The van der Waals surface area contributed by atoms with Gasteiger partial charge in [-0.3, -0.25) is 9.59 Å². The molecule has 0 spiro atoms. The number of rotatable bonds is 2. The average molecular weight is 287 g/mol. The van der Waals surface area contributed by atoms with Gasteiger partial charge in [0.05, 0.1) is 5.56 Å². The Morgan fingerprint density at radius 1 is 1.20 bits per heavy atom. The van der Waals surface area contributed by atoms with Crippen molar-refractivity contribution in [3.8, 4) is 5.75 Å². The van der Waals surface area contributed by atoms with Crippen LogP contribution in [0.15, 0.2) is 42.5 Å². The third kappa shape index (κ3) is 2.00. The molecule has 0 fully saturated rings. The standard InChI is InChI=1S/C16H11ClO3/c1-9-7-13-11(8-12(9)17)15(19)16(20-13)14(18)10-5-3-2-4-6-10/h2-8,16H,1H3. The van der Waals surface area contributed by atoms with E-state index in [1.165, 1.54) is 0 Å². The molecule has 1 atom stereocenters. The molecule has 2 aromatic carbocycles. The van der Waals surface area contributed by atoms with Crippen LogP contribution < -0.4 is 4.74 Å². The van der Waals surface area contributed by atoms with Crippen LogP contribution in [-0.2, 0) is 0 Å². The van der Waals surface area contributed by atoms with E-state index in [0.717, 1.165) is 5.56 Å². The van der Waals surface area contributed by atoms with Crippen LogP contribution in [-0.4, -0.2) is 17.7 Å². The Kier molecular flexibility index (Phi) is 3.07. The Hall–Kier alpha value is -2.13. The van der Waals surface area contributed by atoms with Crippen LogP contribution in [0.25, 0.3) is 0 Å². The Morgan fingerprint density at radius 3 is 2.60 bits per heavy atom. The zero-order chi connectivity index (χ0) is 14.3. The normalized spacial score (nSPS) is 16.7. The topological polar surface area (TPSA) is 43.4 Å². The number of ether oxygens (including phenoxy) is 1. The minimum Gasteiger partial charge on any atom is -0.473 e. The fraction of sp³-hybridized carbons (Fsp3) is 0.125. The molecule has 1 unspecified atom stereocenters. The number of ketones is 2. The fourth-order valence-electron chi connectivity index (χ4n) is 2.19. The summed E-state index contributed by atoms with van der Waals surface area (Å²) in [6.45, 7) is 1.82. The third-order valence-corrected chi connectivity index (χ3v) is 3.71. The summed E-state index contributed by atoms with van der Waals surface area (Å²) in [5.74, 6) is -0.248. The number of aryl methyl sites for hydroxylation is 1. The molecule has 0 saturated carbocycles. The lowest BCUT2D eigenvalue weighted by atomic mass is 10.0. The number of carbonyl (C=O) groups is 2. The SMILES string of the molecule is Cc1cc2c(cc1Cl)C(=O)C(C(=O)c1ccccc1)O2. The first-order valence-electron chi connectivity index (χ1n) is 6.18. The molecule has 100 valence electrons. The lowest BCUT2D eigenvalue weighted by Crippen LogP contribution is -2.30. The molecule has 1 aliphatic heterocycles. The summed E-state index contributed by atoms with van der Waals surface area (Å²) in [6.07, 6.45) is -1.11. The highest BCUT2D eigenvalue weighted by Crippen LogP contribution is 2.34. The molecule has 2 aromatic rings. The zero-order valence-electron chi connectivity index (χ0n) is 10.7. The Bertz CT molecular complexity index is 707. The van der Waals surface area contributed by atoms with Crippen molar-refractivity contribution in [3.05, 3.63) is 64.2 Å². The number of halogens is 1. The highest BCUT2D eigenvalue weighted by atomic mass is 35.5. The monoisotopic (exact) mass is 286 g/mol. The molecule has 3 nitrogen and oxygen atoms in total. The zero-order valence-corrected chi connectivity index (χ0v) is 11.5. The molecular weight excluding hydrogens is 276 g/mol. The van der Waals surface area contributed by atoms with Crippen LogP contribution >= 0.6 is 11.6 Å². The van der Waals surface area contributed by atoms with E-state index >= 15 is 0 Å². The third-order valence-electron chi connectivity index (χ3n) is 3.31. The van der Waals surface area contributed by atoms with E-state index in [4.69, 9.17) is 16.3 Å². The minimum atomic E-state index is -1.11. The van der Waals surface area contributed by atoms with Gasteiger partial charge in [-0.1, -0.05) is 41.9 Å². The van der Waals surface area contributed by atoms with Crippen molar-refractivity contribution >= 4 is 23.2 Å². The number of hydrogen-bond donors (Lipinski definition) is 0. The highest BCUT2D eigenvalue weighted by Gasteiger charge is 2.38. The summed E-state index contributed by atoms with van der Waals surface area (Å²) >= 11 is 6.01. The lowest BCUT2D eigenvalue weighted by molar-refractivity contribution is 0.0720. The molecule has 0 radical (unpaired) electrons. The predicted octanol–water partition coefficient (Wildman–Crippen LogP) is 3.48. The second kappa shape index (κ2) is 4.76. The van der Waals surface area contributed by atoms with Crippen molar-refractivity contribution in [2.75, 3.05) is 0 Å². The van der Waals surface area contributed by atoms with Gasteiger partial charge in [0.2, 0.25) is 17.7 Å². The van der Waals surface area contributed by atoms with Crippen molar-refractivity contribution in [1.82, 2.24) is 0 Å². The first-order valence-corrected chi connectivity index (χ1v) is 6.56. The van der Waals surface area contributed by atoms with Gasteiger partial charge in [-0.25, -0.2) is 0 Å². The number of benzene rings is 2. The average Bonchev–Trinajstić information content (AvgIpc) is 2.77. The maximum Gasteiger partial charge on any atom is 0.224 e. The molecule has 0 aromatic heterocycles. The smallest absolute Gasteiger partial charge is 0.224 e. The van der Waals surface area contributed by atoms with Gasteiger partial charge in [0.25, 0.3) is 0 Å². The van der Waals surface area contributed by atoms with E-state index in [-0.39, 0.29) is 11.6 Å². The first-order chi connectivity index (χ1) is 9.58. The van der Waals surface area contributed by atoms with E-state index in [0.29, 0.717) is 21.9 Å². The maximum atomic E-state index is 12.3. The minimum absolute atomic E-state index is 0.333. The summed E-state index contributed by atoms with van der Waals surface area (Å²) in [5.41, 5.74) is 1.64. The first kappa shape index (κ1) is 12.9. The van der Waals surface area contributed by atoms with Crippen LogP contribution in [0.5, 0.6) is 5.75 Å². The molecule has 4 heteroatoms. The van der Waals surface area contributed by atoms with Gasteiger partial charge in [-0.15, -0.1) is 0 Å². The van der Waals surface area contributed by atoms with Gasteiger partial charge in [-0.05, 0) is 24.6 Å². The van der Waals surface area contributed by atoms with Crippen molar-refractivity contribution in [2.45, 2.75) is 13.0 Å². The molecule has 0 bridgehead atoms. The summed E-state index contributed by atoms with van der Waals surface area (Å²) in [6, 6.07) is 11.9. The van der Waals surface area contributed by atoms with Crippen LogP contribution in [0.3, 0.4) is 0 Å². The van der Waals surface area contributed by atoms with E-state index in [9.17, 15) is 9.59 Å². The van der Waals surface area contributed by atoms with Crippen LogP contribution in [0.2, 0.25) is 5.02 Å². The largest absolute Gasteiger partial charge is 0.473 e. The van der Waals surface area contributed by atoms with Crippen molar-refractivity contribution in [2.24, 2.45) is 0 Å². The molecule has 0 saturated heterocycles. The van der Waals surface area contributed by atoms with Crippen molar-refractivity contribution in [1.29, 1.82) is 0 Å². The number of carbonyl (C=O) groups excluding carboxylic acids is 2. The van der Waals surface area contributed by atoms with E-state index < -0.39 is 6.10 Å². The van der Waals surface area contributed by atoms with Gasteiger partial charge in [0.15, 0.2) is 0 Å². The molecule has 0 N–H and O–H groups in total. The Labute approximate surface area is 121 Å². The second-order valence-corrected chi connectivity index (χ2v) is 5.10. The Morgan fingerprint density at radius 2 is 1.90 bits per heavy atom. The molecule has 0 amide bonds. The molecule has 1 heterocycles. The highest BCUT2D eigenvalue weighted by molar-refractivity contribution is 6.32. The predicted molar refractivity (Wildman–Crippen MR) is 75.7 cm³/mol. The van der Waals surface area contributed by atoms with Gasteiger partial charge < -0.3 is 4.74 Å². The summed E-state index contributed by atoms with van der Waals surface area (Å²) in [7, 11) is 0. The van der Waals surface area contributed by atoms with Crippen molar-refractivity contribution < 1.29 is 14.3 Å². The van der Waals surface area contributed by atoms with Crippen molar-refractivity contribution in [3.63, 3.8) is 0 Å².